The molecule has 0 unspecified atom stereocenters. The Kier molecular flexibility index (Phi) is 6.68. The van der Waals surface area contributed by atoms with Crippen molar-refractivity contribution >= 4 is 16.2 Å². The number of hydrogen-bond donors (Lipinski definition) is 1. The van der Waals surface area contributed by atoms with Gasteiger partial charge in [-0.1, -0.05) is 6.07 Å². The molecular formula is C16H26N4O5S. The Morgan fingerprint density at radius 1 is 1.12 bits per heavy atom. The average Bonchev–Trinajstić information content (AvgIpc) is 2.65. The number of nitrogens with zero attached hydrogens (tertiary/aromatic N) is 3. The number of rotatable bonds is 6. The lowest BCUT2D eigenvalue weighted by Gasteiger charge is -2.35. The van der Waals surface area contributed by atoms with E-state index in [-0.39, 0.29) is 19.1 Å². The molecule has 1 aliphatic heterocycles. The Morgan fingerprint density at radius 2 is 1.73 bits per heavy atom. The summed E-state index contributed by atoms with van der Waals surface area (Å²) >= 11 is 0. The van der Waals surface area contributed by atoms with Gasteiger partial charge in [-0.15, -0.1) is 0 Å². The van der Waals surface area contributed by atoms with Crippen molar-refractivity contribution in [2.24, 2.45) is 0 Å². The minimum Gasteiger partial charge on any atom is -0.493 e. The summed E-state index contributed by atoms with van der Waals surface area (Å²) < 4.78 is 37.2. The predicted octanol–water partition coefficient (Wildman–Crippen LogP) is 0.337. The molecule has 1 aromatic rings. The minimum atomic E-state index is -3.44. The second-order valence-corrected chi connectivity index (χ2v) is 8.17. The minimum absolute atomic E-state index is 0.221. The summed E-state index contributed by atoms with van der Waals surface area (Å²) in [6, 6.07) is 5.22. The summed E-state index contributed by atoms with van der Waals surface area (Å²) in [7, 11) is 2.68. The molecule has 146 valence electrons. The van der Waals surface area contributed by atoms with Crippen LogP contribution in [0.1, 0.15) is 5.56 Å². The molecule has 0 aliphatic carbocycles. The van der Waals surface area contributed by atoms with Crippen molar-refractivity contribution in [2.45, 2.75) is 6.54 Å². The first-order valence-electron chi connectivity index (χ1n) is 8.21. The predicted molar refractivity (Wildman–Crippen MR) is 97.5 cm³/mol. The van der Waals surface area contributed by atoms with Crippen molar-refractivity contribution in [3.63, 3.8) is 0 Å². The molecule has 1 N–H and O–H groups in total. The number of amides is 2. The van der Waals surface area contributed by atoms with E-state index in [0.29, 0.717) is 31.1 Å². The Hall–Kier alpha value is -2.04. The molecule has 2 amide bonds. The number of hydrogen-bond acceptors (Lipinski definition) is 5. The van der Waals surface area contributed by atoms with Crippen LogP contribution in [0.3, 0.4) is 0 Å². The first-order chi connectivity index (χ1) is 12.3. The first-order valence-corrected chi connectivity index (χ1v) is 9.60. The van der Waals surface area contributed by atoms with Crippen LogP contribution in [0.25, 0.3) is 0 Å². The van der Waals surface area contributed by atoms with E-state index >= 15 is 0 Å². The van der Waals surface area contributed by atoms with Crippen LogP contribution in [-0.2, 0) is 16.8 Å². The highest BCUT2D eigenvalue weighted by molar-refractivity contribution is 7.86. The van der Waals surface area contributed by atoms with Gasteiger partial charge in [0.2, 0.25) is 0 Å². The number of carbonyl (C=O) groups excluding carboxylic acids is 1. The van der Waals surface area contributed by atoms with Crippen LogP contribution in [0, 0.1) is 0 Å². The molecule has 0 atom stereocenters. The lowest BCUT2D eigenvalue weighted by atomic mass is 10.2. The van der Waals surface area contributed by atoms with Crippen LogP contribution >= 0.6 is 0 Å². The highest BCUT2D eigenvalue weighted by Gasteiger charge is 2.30. The van der Waals surface area contributed by atoms with Gasteiger partial charge in [-0.3, -0.25) is 0 Å². The Balaban J connectivity index is 1.88. The third-order valence-electron chi connectivity index (χ3n) is 4.21. The molecule has 1 heterocycles. The molecule has 0 saturated carbocycles. The molecule has 10 heteroatoms. The zero-order chi connectivity index (χ0) is 19.3. The van der Waals surface area contributed by atoms with Gasteiger partial charge in [-0.05, 0) is 17.7 Å². The number of benzene rings is 1. The first kappa shape index (κ1) is 20.3. The van der Waals surface area contributed by atoms with E-state index in [1.54, 1.807) is 31.3 Å². The van der Waals surface area contributed by atoms with Gasteiger partial charge in [0, 0.05) is 46.8 Å². The van der Waals surface area contributed by atoms with Crippen LogP contribution in [0.5, 0.6) is 11.5 Å². The lowest BCUT2D eigenvalue weighted by Crippen LogP contribution is -2.54. The van der Waals surface area contributed by atoms with Gasteiger partial charge in [-0.2, -0.15) is 17.0 Å². The van der Waals surface area contributed by atoms with Crippen molar-refractivity contribution in [2.75, 3.05) is 54.5 Å². The highest BCUT2D eigenvalue weighted by Crippen LogP contribution is 2.27. The van der Waals surface area contributed by atoms with E-state index in [1.165, 1.54) is 22.7 Å². The number of carbonyl (C=O) groups is 1. The smallest absolute Gasteiger partial charge is 0.317 e. The molecule has 9 nitrogen and oxygen atoms in total. The van der Waals surface area contributed by atoms with Crippen LogP contribution in [0.4, 0.5) is 4.79 Å². The van der Waals surface area contributed by atoms with Crippen LogP contribution in [-0.4, -0.2) is 82.5 Å². The third kappa shape index (κ3) is 4.57. The van der Waals surface area contributed by atoms with Gasteiger partial charge in [0.05, 0.1) is 14.2 Å². The zero-order valence-corrected chi connectivity index (χ0v) is 16.4. The van der Waals surface area contributed by atoms with E-state index < -0.39 is 10.2 Å². The van der Waals surface area contributed by atoms with Crippen LogP contribution in [0.15, 0.2) is 18.2 Å². The van der Waals surface area contributed by atoms with Crippen molar-refractivity contribution in [3.05, 3.63) is 23.8 Å². The number of urea groups is 1. The van der Waals surface area contributed by atoms with Gasteiger partial charge in [0.15, 0.2) is 11.5 Å². The lowest BCUT2D eigenvalue weighted by molar-refractivity contribution is 0.170. The summed E-state index contributed by atoms with van der Waals surface area (Å²) in [6.07, 6.45) is 0. The molecule has 1 fully saturated rings. The second kappa shape index (κ2) is 8.56. The molecule has 1 aromatic carbocycles. The quantitative estimate of drug-likeness (QED) is 0.761. The van der Waals surface area contributed by atoms with Gasteiger partial charge in [0.25, 0.3) is 10.2 Å². The topological polar surface area (TPSA) is 91.4 Å². The Labute approximate surface area is 154 Å². The standard InChI is InChI=1S/C16H26N4O5S/c1-18(2)26(22,23)20-9-7-19(8-10-20)16(21)17-12-13-5-6-14(24-3)15(11-13)25-4/h5-6,11H,7-10,12H2,1-4H3,(H,17,21). The maximum absolute atomic E-state index is 12.3. The molecule has 0 bridgehead atoms. The normalized spacial score (nSPS) is 15.8. The number of ether oxygens (including phenoxy) is 2. The van der Waals surface area contributed by atoms with E-state index in [0.717, 1.165) is 5.56 Å². The maximum atomic E-state index is 12.3. The number of nitrogens with one attached hydrogen (secondary N) is 1. The molecular weight excluding hydrogens is 360 g/mol. The molecule has 1 aliphatic rings. The van der Waals surface area contributed by atoms with Crippen LogP contribution < -0.4 is 14.8 Å². The molecule has 0 aromatic heterocycles. The average molecular weight is 386 g/mol. The van der Waals surface area contributed by atoms with E-state index in [9.17, 15) is 13.2 Å². The van der Waals surface area contributed by atoms with Gasteiger partial charge >= 0.3 is 6.03 Å². The van der Waals surface area contributed by atoms with Crippen molar-refractivity contribution in [3.8, 4) is 11.5 Å². The SMILES string of the molecule is COc1ccc(CNC(=O)N2CCN(S(=O)(=O)N(C)C)CC2)cc1OC. The fourth-order valence-corrected chi connectivity index (χ4v) is 3.72. The Bertz CT molecular complexity index is 730. The van der Waals surface area contributed by atoms with E-state index in [2.05, 4.69) is 5.32 Å². The van der Waals surface area contributed by atoms with Crippen LogP contribution in [0.2, 0.25) is 0 Å². The van der Waals surface area contributed by atoms with Gasteiger partial charge < -0.3 is 19.7 Å². The summed E-state index contributed by atoms with van der Waals surface area (Å²) in [5, 5.41) is 2.85. The molecule has 1 saturated heterocycles. The third-order valence-corrected chi connectivity index (χ3v) is 6.15. The highest BCUT2D eigenvalue weighted by atomic mass is 32.2. The summed E-state index contributed by atoms with van der Waals surface area (Å²) in [6.45, 7) is 1.61. The molecule has 0 radical (unpaired) electrons. The fraction of sp³-hybridized carbons (Fsp3) is 0.562. The number of piperazine rings is 1. The fourth-order valence-electron chi connectivity index (χ4n) is 2.63. The van der Waals surface area contributed by atoms with E-state index in [1.807, 2.05) is 6.07 Å². The molecule has 26 heavy (non-hydrogen) atoms. The van der Waals surface area contributed by atoms with E-state index in [4.69, 9.17) is 9.47 Å². The maximum Gasteiger partial charge on any atom is 0.317 e. The van der Waals surface area contributed by atoms with Gasteiger partial charge in [0.1, 0.15) is 0 Å². The largest absolute Gasteiger partial charge is 0.493 e. The molecule has 2 rings (SSSR count). The van der Waals surface area contributed by atoms with Crippen molar-refractivity contribution < 1.29 is 22.7 Å². The monoisotopic (exact) mass is 386 g/mol. The summed E-state index contributed by atoms with van der Waals surface area (Å²) in [5.74, 6) is 1.22. The molecule has 0 spiro atoms. The van der Waals surface area contributed by atoms with Gasteiger partial charge in [-0.25, -0.2) is 4.79 Å². The second-order valence-electron chi connectivity index (χ2n) is 6.02. The van der Waals surface area contributed by atoms with Crippen molar-refractivity contribution in [1.29, 1.82) is 0 Å². The van der Waals surface area contributed by atoms with Crippen molar-refractivity contribution in [1.82, 2.24) is 18.8 Å². The Morgan fingerprint density at radius 3 is 2.27 bits per heavy atom. The zero-order valence-electron chi connectivity index (χ0n) is 15.6. The number of methoxy groups -OCH3 is 2. The summed E-state index contributed by atoms with van der Waals surface area (Å²) in [4.78, 5) is 13.9. The summed E-state index contributed by atoms with van der Waals surface area (Å²) in [5.41, 5.74) is 0.879.